The molecule has 0 radical (unpaired) electrons. The van der Waals surface area contributed by atoms with Gasteiger partial charge in [0, 0.05) is 17.7 Å². The van der Waals surface area contributed by atoms with Gasteiger partial charge in [-0.25, -0.2) is 9.97 Å². The van der Waals surface area contributed by atoms with Crippen LogP contribution in [0.25, 0.3) is 0 Å². The number of nitrogens with one attached hydrogen (secondary N) is 2. The van der Waals surface area contributed by atoms with Gasteiger partial charge in [0.2, 0.25) is 5.91 Å². The highest BCUT2D eigenvalue weighted by atomic mass is 19.4. The molecule has 26 heavy (non-hydrogen) atoms. The number of nitrogens with zero attached hydrogens (tertiary/aromatic N) is 2. The summed E-state index contributed by atoms with van der Waals surface area (Å²) in [5.74, 6) is -0.801. The SMILES string of the molecule is CC(C)C(=O)Nc1cc(C(=O)NCc2cccc(C(F)(F)F)n2)ccn1. The Kier molecular flexibility index (Phi) is 5.91. The number of halogens is 3. The number of carbonyl (C=O) groups excluding carboxylic acids is 2. The lowest BCUT2D eigenvalue weighted by Gasteiger charge is -2.10. The summed E-state index contributed by atoms with van der Waals surface area (Å²) < 4.78 is 37.9. The van der Waals surface area contributed by atoms with E-state index in [0.29, 0.717) is 0 Å². The third-order valence-electron chi connectivity index (χ3n) is 3.33. The van der Waals surface area contributed by atoms with Crippen LogP contribution in [0, 0.1) is 5.92 Å². The van der Waals surface area contributed by atoms with Gasteiger partial charge < -0.3 is 10.6 Å². The Hall–Kier alpha value is -2.97. The predicted molar refractivity (Wildman–Crippen MR) is 88.1 cm³/mol. The molecule has 138 valence electrons. The van der Waals surface area contributed by atoms with Crippen LogP contribution in [-0.2, 0) is 17.5 Å². The summed E-state index contributed by atoms with van der Waals surface area (Å²) in [5.41, 5.74) is -0.728. The molecule has 0 aliphatic rings. The molecule has 9 heteroatoms. The van der Waals surface area contributed by atoms with Crippen LogP contribution in [0.15, 0.2) is 36.5 Å². The van der Waals surface area contributed by atoms with Crippen molar-refractivity contribution in [3.63, 3.8) is 0 Å². The molecule has 2 rings (SSSR count). The molecule has 0 saturated heterocycles. The fourth-order valence-electron chi connectivity index (χ4n) is 1.92. The molecule has 2 aromatic rings. The van der Waals surface area contributed by atoms with E-state index in [1.807, 2.05) is 0 Å². The molecule has 0 saturated carbocycles. The molecule has 0 fully saturated rings. The molecular weight excluding hydrogens is 349 g/mol. The first-order chi connectivity index (χ1) is 12.2. The molecule has 0 atom stereocenters. The second kappa shape index (κ2) is 7.94. The number of alkyl halides is 3. The van der Waals surface area contributed by atoms with E-state index in [1.54, 1.807) is 13.8 Å². The van der Waals surface area contributed by atoms with Crippen molar-refractivity contribution in [2.45, 2.75) is 26.6 Å². The Morgan fingerprint density at radius 1 is 1.19 bits per heavy atom. The number of hydrogen-bond acceptors (Lipinski definition) is 4. The lowest BCUT2D eigenvalue weighted by Crippen LogP contribution is -2.24. The Morgan fingerprint density at radius 2 is 1.92 bits per heavy atom. The van der Waals surface area contributed by atoms with Crippen LogP contribution in [-0.4, -0.2) is 21.8 Å². The molecule has 6 nitrogen and oxygen atoms in total. The molecule has 2 N–H and O–H groups in total. The van der Waals surface area contributed by atoms with Gasteiger partial charge in [-0.05, 0) is 24.3 Å². The molecule has 0 aliphatic heterocycles. The minimum atomic E-state index is -4.55. The minimum absolute atomic E-state index is 0.0792. The van der Waals surface area contributed by atoms with E-state index >= 15 is 0 Å². The molecule has 0 aromatic carbocycles. The number of rotatable bonds is 5. The Morgan fingerprint density at radius 3 is 2.58 bits per heavy atom. The fraction of sp³-hybridized carbons (Fsp3) is 0.294. The van der Waals surface area contributed by atoms with Crippen LogP contribution >= 0.6 is 0 Å². The van der Waals surface area contributed by atoms with E-state index < -0.39 is 17.8 Å². The Balaban J connectivity index is 2.03. The van der Waals surface area contributed by atoms with Gasteiger partial charge in [-0.2, -0.15) is 13.2 Å². The lowest BCUT2D eigenvalue weighted by atomic mass is 10.2. The summed E-state index contributed by atoms with van der Waals surface area (Å²) in [6.07, 6.45) is -3.19. The van der Waals surface area contributed by atoms with Crippen molar-refractivity contribution in [3.8, 4) is 0 Å². The maximum Gasteiger partial charge on any atom is 0.433 e. The molecule has 0 spiro atoms. The van der Waals surface area contributed by atoms with Gasteiger partial charge in [0.15, 0.2) is 0 Å². The van der Waals surface area contributed by atoms with Crippen molar-refractivity contribution >= 4 is 17.6 Å². The number of carbonyl (C=O) groups is 2. The number of amides is 2. The molecule has 2 aromatic heterocycles. The van der Waals surface area contributed by atoms with Crippen LogP contribution in [0.1, 0.15) is 35.6 Å². The zero-order chi connectivity index (χ0) is 19.3. The fourth-order valence-corrected chi connectivity index (χ4v) is 1.92. The highest BCUT2D eigenvalue weighted by Crippen LogP contribution is 2.27. The van der Waals surface area contributed by atoms with Gasteiger partial charge in [-0.1, -0.05) is 19.9 Å². The van der Waals surface area contributed by atoms with Crippen molar-refractivity contribution in [3.05, 3.63) is 53.5 Å². The van der Waals surface area contributed by atoms with Crippen LogP contribution in [0.3, 0.4) is 0 Å². The predicted octanol–water partition coefficient (Wildman–Crippen LogP) is 3.02. The highest BCUT2D eigenvalue weighted by molar-refractivity contribution is 5.96. The van der Waals surface area contributed by atoms with Gasteiger partial charge in [0.1, 0.15) is 11.5 Å². The summed E-state index contributed by atoms with van der Waals surface area (Å²) in [5, 5.41) is 5.06. The average Bonchev–Trinajstić information content (AvgIpc) is 2.59. The number of aromatic nitrogens is 2. The smallest absolute Gasteiger partial charge is 0.346 e. The number of anilines is 1. The second-order valence-corrected chi connectivity index (χ2v) is 5.77. The number of pyridine rings is 2. The van der Waals surface area contributed by atoms with E-state index in [4.69, 9.17) is 0 Å². The zero-order valence-electron chi connectivity index (χ0n) is 14.1. The molecule has 0 unspecified atom stereocenters. The third kappa shape index (κ3) is 5.27. The van der Waals surface area contributed by atoms with Crippen LogP contribution in [0.2, 0.25) is 0 Å². The van der Waals surface area contributed by atoms with Crippen molar-refractivity contribution in [1.29, 1.82) is 0 Å². The van der Waals surface area contributed by atoms with E-state index in [1.165, 1.54) is 30.5 Å². The van der Waals surface area contributed by atoms with Gasteiger partial charge in [0.05, 0.1) is 12.2 Å². The summed E-state index contributed by atoms with van der Waals surface area (Å²) in [6.45, 7) is 3.26. The van der Waals surface area contributed by atoms with Crippen molar-refractivity contribution in [2.75, 3.05) is 5.32 Å². The van der Waals surface area contributed by atoms with Gasteiger partial charge >= 0.3 is 6.18 Å². The first-order valence-corrected chi connectivity index (χ1v) is 7.75. The minimum Gasteiger partial charge on any atom is -0.346 e. The van der Waals surface area contributed by atoms with Gasteiger partial charge in [-0.3, -0.25) is 9.59 Å². The summed E-state index contributed by atoms with van der Waals surface area (Å²) in [4.78, 5) is 31.3. The summed E-state index contributed by atoms with van der Waals surface area (Å²) >= 11 is 0. The van der Waals surface area contributed by atoms with Gasteiger partial charge in [-0.15, -0.1) is 0 Å². The molecular formula is C17H17F3N4O2. The normalized spacial score (nSPS) is 11.3. The molecule has 2 heterocycles. The maximum atomic E-state index is 12.6. The largest absolute Gasteiger partial charge is 0.433 e. The third-order valence-corrected chi connectivity index (χ3v) is 3.33. The topological polar surface area (TPSA) is 84.0 Å². The average molecular weight is 366 g/mol. The Labute approximate surface area is 147 Å². The monoisotopic (exact) mass is 366 g/mol. The van der Waals surface area contributed by atoms with E-state index in [9.17, 15) is 22.8 Å². The summed E-state index contributed by atoms with van der Waals surface area (Å²) in [6, 6.07) is 6.28. The maximum absolute atomic E-state index is 12.6. The standard InChI is InChI=1S/C17H17F3N4O2/c1-10(2)15(25)24-14-8-11(6-7-21-14)16(26)22-9-12-4-3-5-13(23-12)17(18,19)20/h3-8,10H,9H2,1-2H3,(H,22,26)(H,21,24,25). The molecule has 0 aliphatic carbocycles. The number of hydrogen-bond donors (Lipinski definition) is 2. The first-order valence-electron chi connectivity index (χ1n) is 7.75. The van der Waals surface area contributed by atoms with Crippen LogP contribution in [0.4, 0.5) is 19.0 Å². The van der Waals surface area contributed by atoms with Crippen LogP contribution in [0.5, 0.6) is 0 Å². The zero-order valence-corrected chi connectivity index (χ0v) is 14.1. The molecule has 0 bridgehead atoms. The van der Waals surface area contributed by atoms with Crippen LogP contribution < -0.4 is 10.6 Å². The van der Waals surface area contributed by atoms with Crippen molar-refractivity contribution in [1.82, 2.24) is 15.3 Å². The first kappa shape index (κ1) is 19.4. The van der Waals surface area contributed by atoms with E-state index in [2.05, 4.69) is 20.6 Å². The summed E-state index contributed by atoms with van der Waals surface area (Å²) in [7, 11) is 0. The molecule has 2 amide bonds. The van der Waals surface area contributed by atoms with E-state index in [0.717, 1.165) is 6.07 Å². The van der Waals surface area contributed by atoms with E-state index in [-0.39, 0.29) is 35.4 Å². The Bertz CT molecular complexity index is 807. The quantitative estimate of drug-likeness (QED) is 0.852. The van der Waals surface area contributed by atoms with Gasteiger partial charge in [0.25, 0.3) is 5.91 Å². The van der Waals surface area contributed by atoms with Crippen molar-refractivity contribution in [2.24, 2.45) is 5.92 Å². The van der Waals surface area contributed by atoms with Crippen molar-refractivity contribution < 1.29 is 22.8 Å². The highest BCUT2D eigenvalue weighted by Gasteiger charge is 2.32. The lowest BCUT2D eigenvalue weighted by molar-refractivity contribution is -0.141. The second-order valence-electron chi connectivity index (χ2n) is 5.77.